The van der Waals surface area contributed by atoms with Crippen LogP contribution in [0.25, 0.3) is 0 Å². The normalized spacial score (nSPS) is 52.1. The number of fused-ring (bicyclic) bond motifs is 1. The molecule has 4 fully saturated rings. The van der Waals surface area contributed by atoms with Gasteiger partial charge in [0.25, 0.3) is 0 Å². The number of ether oxygens (including phenoxy) is 1. The largest absolute Gasteiger partial charge is 0.469 e. The standard InChI is InChI=1S/C21H23BrO5/c1-18-12(23)4-6-20(7-13(18)24)11-3-5-19(10-22)9-21(11,8-14(19)25)15(16(18)20)17(26)27-2/h4,6,11,15-16H,3,5,7-10H2,1-2H3/t11-,15+,16+,18+,19-,20+,21+/m0/s1. The fraction of sp³-hybridized carbons (Fsp3) is 0.714. The lowest BCUT2D eigenvalue weighted by atomic mass is 9.58. The van der Waals surface area contributed by atoms with E-state index in [1.54, 1.807) is 13.0 Å². The number of halogens is 1. The van der Waals surface area contributed by atoms with Gasteiger partial charge in [0.05, 0.1) is 18.4 Å². The molecule has 0 aliphatic heterocycles. The third kappa shape index (κ3) is 1.65. The number of alkyl halides is 1. The van der Waals surface area contributed by atoms with Crippen LogP contribution in [0.1, 0.15) is 39.0 Å². The Labute approximate surface area is 166 Å². The summed E-state index contributed by atoms with van der Waals surface area (Å²) in [6.07, 6.45) is 6.38. The summed E-state index contributed by atoms with van der Waals surface area (Å²) in [5.41, 5.74) is -2.60. The second-order valence-corrected chi connectivity index (χ2v) is 10.2. The summed E-state index contributed by atoms with van der Waals surface area (Å²) in [6, 6.07) is 0. The van der Waals surface area contributed by atoms with Gasteiger partial charge in [-0.3, -0.25) is 19.2 Å². The zero-order valence-electron chi connectivity index (χ0n) is 15.5. The van der Waals surface area contributed by atoms with Crippen LogP contribution in [0.2, 0.25) is 0 Å². The number of methoxy groups -OCH3 is 1. The first kappa shape index (κ1) is 17.8. The van der Waals surface area contributed by atoms with E-state index in [9.17, 15) is 19.2 Å². The molecule has 0 aromatic heterocycles. The van der Waals surface area contributed by atoms with Crippen LogP contribution in [0.15, 0.2) is 12.2 Å². The Bertz CT molecular complexity index is 848. The van der Waals surface area contributed by atoms with Gasteiger partial charge in [-0.2, -0.15) is 0 Å². The number of carbonyl (C=O) groups excluding carboxylic acids is 4. The first-order valence-corrected chi connectivity index (χ1v) is 10.8. The van der Waals surface area contributed by atoms with Gasteiger partial charge in [0.15, 0.2) is 5.78 Å². The van der Waals surface area contributed by atoms with Crippen LogP contribution in [0.4, 0.5) is 0 Å². The fourth-order valence-electron chi connectivity index (χ4n) is 7.96. The molecule has 1 spiro atoms. The minimum absolute atomic E-state index is 0.0621. The maximum atomic E-state index is 13.1. The summed E-state index contributed by atoms with van der Waals surface area (Å²) in [6.45, 7) is 1.71. The first-order valence-electron chi connectivity index (χ1n) is 9.66. The Balaban J connectivity index is 1.77. The number of hydrogen-bond donors (Lipinski definition) is 0. The van der Waals surface area contributed by atoms with E-state index < -0.39 is 33.5 Å². The van der Waals surface area contributed by atoms with Crippen LogP contribution in [0.5, 0.6) is 0 Å². The molecule has 7 atom stereocenters. The highest BCUT2D eigenvalue weighted by Crippen LogP contribution is 2.80. The van der Waals surface area contributed by atoms with Gasteiger partial charge >= 0.3 is 5.97 Å². The zero-order chi connectivity index (χ0) is 19.4. The Hall–Kier alpha value is -1.30. The number of esters is 1. The molecule has 5 rings (SSSR count). The van der Waals surface area contributed by atoms with E-state index in [-0.39, 0.29) is 29.2 Å². The first-order chi connectivity index (χ1) is 12.7. The van der Waals surface area contributed by atoms with Crippen LogP contribution in [0.3, 0.4) is 0 Å². The summed E-state index contributed by atoms with van der Waals surface area (Å²) in [7, 11) is 1.36. The zero-order valence-corrected chi connectivity index (χ0v) is 17.1. The molecule has 0 unspecified atom stereocenters. The van der Waals surface area contributed by atoms with Crippen molar-refractivity contribution < 1.29 is 23.9 Å². The third-order valence-corrected chi connectivity index (χ3v) is 10.0. The maximum absolute atomic E-state index is 13.1. The van der Waals surface area contributed by atoms with Gasteiger partial charge in [0, 0.05) is 34.9 Å². The Morgan fingerprint density at radius 1 is 1.26 bits per heavy atom. The molecule has 0 radical (unpaired) electrons. The molecule has 144 valence electrons. The van der Waals surface area contributed by atoms with Gasteiger partial charge in [-0.05, 0) is 43.6 Å². The van der Waals surface area contributed by atoms with E-state index in [0.29, 0.717) is 24.6 Å². The second kappa shape index (κ2) is 5.00. The van der Waals surface area contributed by atoms with Crippen molar-refractivity contribution in [2.45, 2.75) is 39.0 Å². The molecule has 0 N–H and O–H groups in total. The molecule has 6 heteroatoms. The van der Waals surface area contributed by atoms with Crippen LogP contribution in [-0.2, 0) is 23.9 Å². The summed E-state index contributed by atoms with van der Waals surface area (Å²) in [5.74, 6) is -1.33. The molecule has 5 nitrogen and oxygen atoms in total. The van der Waals surface area contributed by atoms with Gasteiger partial charge in [-0.1, -0.05) is 22.0 Å². The van der Waals surface area contributed by atoms with E-state index in [2.05, 4.69) is 15.9 Å². The number of rotatable bonds is 2. The van der Waals surface area contributed by atoms with Crippen molar-refractivity contribution in [3.63, 3.8) is 0 Å². The summed E-state index contributed by atoms with van der Waals surface area (Å²) in [5, 5.41) is 0.601. The molecule has 5 aliphatic rings. The van der Waals surface area contributed by atoms with Crippen LogP contribution < -0.4 is 0 Å². The van der Waals surface area contributed by atoms with Crippen molar-refractivity contribution in [2.75, 3.05) is 12.4 Å². The number of allylic oxidation sites excluding steroid dienone is 2. The van der Waals surface area contributed by atoms with Gasteiger partial charge in [0.2, 0.25) is 0 Å². The van der Waals surface area contributed by atoms with Gasteiger partial charge < -0.3 is 4.74 Å². The molecule has 0 amide bonds. The van der Waals surface area contributed by atoms with Crippen molar-refractivity contribution in [2.24, 2.45) is 39.4 Å². The lowest BCUT2D eigenvalue weighted by Gasteiger charge is -2.45. The van der Waals surface area contributed by atoms with E-state index in [0.717, 1.165) is 12.8 Å². The number of carbonyl (C=O) groups is 4. The molecule has 4 bridgehead atoms. The molecule has 5 aliphatic carbocycles. The minimum atomic E-state index is -1.18. The maximum Gasteiger partial charge on any atom is 0.309 e. The lowest BCUT2D eigenvalue weighted by molar-refractivity contribution is -0.156. The molecule has 0 heterocycles. The summed E-state index contributed by atoms with van der Waals surface area (Å²) < 4.78 is 5.21. The van der Waals surface area contributed by atoms with Crippen LogP contribution in [-0.4, -0.2) is 35.8 Å². The molecule has 0 aromatic rings. The van der Waals surface area contributed by atoms with E-state index in [4.69, 9.17) is 4.74 Å². The van der Waals surface area contributed by atoms with Crippen molar-refractivity contribution >= 4 is 39.2 Å². The summed E-state index contributed by atoms with van der Waals surface area (Å²) >= 11 is 3.55. The van der Waals surface area contributed by atoms with Crippen molar-refractivity contribution in [1.29, 1.82) is 0 Å². The van der Waals surface area contributed by atoms with E-state index in [1.165, 1.54) is 7.11 Å². The smallest absolute Gasteiger partial charge is 0.309 e. The predicted octanol–water partition coefficient (Wildman–Crippen LogP) is 2.65. The minimum Gasteiger partial charge on any atom is -0.469 e. The topological polar surface area (TPSA) is 77.5 Å². The van der Waals surface area contributed by atoms with E-state index in [1.807, 2.05) is 6.08 Å². The number of hydrogen-bond acceptors (Lipinski definition) is 5. The van der Waals surface area contributed by atoms with Crippen molar-refractivity contribution in [3.8, 4) is 0 Å². The molecule has 0 saturated heterocycles. The Morgan fingerprint density at radius 2 is 2.00 bits per heavy atom. The van der Waals surface area contributed by atoms with Gasteiger partial charge in [-0.25, -0.2) is 0 Å². The monoisotopic (exact) mass is 434 g/mol. The summed E-state index contributed by atoms with van der Waals surface area (Å²) in [4.78, 5) is 52.0. The number of ketones is 3. The van der Waals surface area contributed by atoms with Crippen LogP contribution >= 0.6 is 15.9 Å². The predicted molar refractivity (Wildman–Crippen MR) is 98.9 cm³/mol. The van der Waals surface area contributed by atoms with Crippen molar-refractivity contribution in [1.82, 2.24) is 0 Å². The second-order valence-electron chi connectivity index (χ2n) is 9.61. The van der Waals surface area contributed by atoms with E-state index >= 15 is 0 Å². The fourth-order valence-corrected chi connectivity index (χ4v) is 8.75. The Morgan fingerprint density at radius 3 is 2.67 bits per heavy atom. The van der Waals surface area contributed by atoms with Gasteiger partial charge in [-0.15, -0.1) is 0 Å². The highest BCUT2D eigenvalue weighted by molar-refractivity contribution is 9.09. The molecular formula is C21H23BrO5. The number of Topliss-reactive ketones (excluding diaryl/α,β-unsaturated/α-hetero) is 2. The lowest BCUT2D eigenvalue weighted by Crippen LogP contribution is -2.47. The quantitative estimate of drug-likeness (QED) is 0.379. The van der Waals surface area contributed by atoms with Gasteiger partial charge in [0.1, 0.15) is 11.6 Å². The van der Waals surface area contributed by atoms with Crippen molar-refractivity contribution in [3.05, 3.63) is 12.2 Å². The van der Waals surface area contributed by atoms with Crippen LogP contribution in [0, 0.1) is 39.4 Å². The molecular weight excluding hydrogens is 412 g/mol. The average molecular weight is 435 g/mol. The average Bonchev–Trinajstić information content (AvgIpc) is 3.09. The molecule has 0 aromatic carbocycles. The third-order valence-electron chi connectivity index (χ3n) is 8.97. The molecule has 27 heavy (non-hydrogen) atoms. The highest BCUT2D eigenvalue weighted by Gasteiger charge is 2.82. The molecule has 4 saturated carbocycles. The SMILES string of the molecule is COC(=O)[C@H]1[C@@H]2[C@]3(C)C(=O)C=C[C@@]2(CC3=O)[C@@H]2CC[C@@]3(CBr)C[C@@]12CC3=O. The highest BCUT2D eigenvalue weighted by atomic mass is 79.9. The Kier molecular flexibility index (Phi) is 3.29.